The lowest BCUT2D eigenvalue weighted by Crippen LogP contribution is -2.32. The molecule has 1 aliphatic heterocycles. The van der Waals surface area contributed by atoms with E-state index in [1.165, 1.54) is 34.2 Å². The van der Waals surface area contributed by atoms with Gasteiger partial charge in [0.1, 0.15) is 5.01 Å². The van der Waals surface area contributed by atoms with Crippen LogP contribution in [0.15, 0.2) is 40.1 Å². The molecular formula is C22H24Cl2F3N5O2S. The van der Waals surface area contributed by atoms with E-state index < -0.39 is 23.0 Å². The highest BCUT2D eigenvalue weighted by molar-refractivity contribution is 7.14. The standard InChI is InChI=1S/C22H22F3N5O2S.2ClH/c1-13-27-28-19(33-13)17-11-30(20(32)26-18(17)31)8-2-7-29-10-16-9-21(16,12-29)14-3-5-15(6-4-14)22(23,24)25;;/h3-6,11,16H,2,7-10,12H2,1H3,(H,26,31,32);2*1H/t16-,21+;;/m0../s1. The molecule has 1 saturated carbocycles. The third-order valence-corrected chi connectivity index (χ3v) is 7.52. The zero-order chi connectivity index (χ0) is 23.4. The van der Waals surface area contributed by atoms with Gasteiger partial charge in [0.25, 0.3) is 5.56 Å². The average Bonchev–Trinajstić information content (AvgIpc) is 3.09. The van der Waals surface area contributed by atoms with Crippen molar-refractivity contribution < 1.29 is 13.2 Å². The Kier molecular flexibility index (Phi) is 7.85. The predicted molar refractivity (Wildman–Crippen MR) is 132 cm³/mol. The van der Waals surface area contributed by atoms with Crippen LogP contribution in [-0.4, -0.2) is 44.3 Å². The third-order valence-electron chi connectivity index (χ3n) is 6.64. The molecule has 1 N–H and O–H groups in total. The smallest absolute Gasteiger partial charge is 0.302 e. The molecule has 0 spiro atoms. The van der Waals surface area contributed by atoms with Crippen LogP contribution in [0.5, 0.6) is 0 Å². The van der Waals surface area contributed by atoms with E-state index in [9.17, 15) is 22.8 Å². The third kappa shape index (κ3) is 5.32. The number of aryl methyl sites for hydroxylation is 2. The van der Waals surface area contributed by atoms with Gasteiger partial charge in [0.2, 0.25) is 0 Å². The van der Waals surface area contributed by atoms with Gasteiger partial charge in [0.15, 0.2) is 5.01 Å². The topological polar surface area (TPSA) is 83.9 Å². The van der Waals surface area contributed by atoms with E-state index in [-0.39, 0.29) is 30.2 Å². The predicted octanol–water partition coefficient (Wildman–Crippen LogP) is 3.89. The lowest BCUT2D eigenvalue weighted by atomic mass is 9.94. The molecule has 3 aromatic rings. The van der Waals surface area contributed by atoms with Crippen LogP contribution in [0.4, 0.5) is 13.2 Å². The van der Waals surface area contributed by atoms with Gasteiger partial charge in [0, 0.05) is 31.2 Å². The first kappa shape index (κ1) is 27.4. The molecule has 1 aromatic carbocycles. The van der Waals surface area contributed by atoms with Crippen molar-refractivity contribution >= 4 is 36.2 Å². The van der Waals surface area contributed by atoms with Crippen LogP contribution in [0.2, 0.25) is 0 Å². The van der Waals surface area contributed by atoms with Gasteiger partial charge < -0.3 is 4.90 Å². The summed E-state index contributed by atoms with van der Waals surface area (Å²) in [4.78, 5) is 29.1. The van der Waals surface area contributed by atoms with Crippen LogP contribution in [0.1, 0.15) is 29.0 Å². The molecule has 190 valence electrons. The number of piperidine rings is 1. The van der Waals surface area contributed by atoms with E-state index >= 15 is 0 Å². The van der Waals surface area contributed by atoms with E-state index in [2.05, 4.69) is 20.1 Å². The van der Waals surface area contributed by atoms with Crippen LogP contribution in [0.3, 0.4) is 0 Å². The van der Waals surface area contributed by atoms with Crippen molar-refractivity contribution in [3.63, 3.8) is 0 Å². The fourth-order valence-corrected chi connectivity index (χ4v) is 5.59. The van der Waals surface area contributed by atoms with Crippen molar-refractivity contribution in [2.45, 2.75) is 37.9 Å². The van der Waals surface area contributed by atoms with Crippen molar-refractivity contribution in [3.8, 4) is 10.6 Å². The average molecular weight is 550 g/mol. The summed E-state index contributed by atoms with van der Waals surface area (Å²) in [5.74, 6) is 0.456. The molecule has 0 radical (unpaired) electrons. The molecule has 13 heteroatoms. The molecule has 7 nitrogen and oxygen atoms in total. The summed E-state index contributed by atoms with van der Waals surface area (Å²) in [6.45, 7) is 4.70. The molecule has 2 aromatic heterocycles. The summed E-state index contributed by atoms with van der Waals surface area (Å²) in [5.41, 5.74) is -0.326. The lowest BCUT2D eigenvalue weighted by molar-refractivity contribution is -0.137. The number of benzene rings is 1. The number of alkyl halides is 3. The fraction of sp³-hybridized carbons (Fsp3) is 0.455. The SMILES string of the molecule is Cc1nnc(-c2cn(CCCN3C[C@@H]4C[C@]4(c4ccc(C(F)(F)F)cc4)C3)c(=O)[nH]c2=O)s1.Cl.Cl. The number of rotatable bonds is 6. The number of aromatic amines is 1. The van der Waals surface area contributed by atoms with Gasteiger partial charge in [-0.2, -0.15) is 13.2 Å². The Morgan fingerprint density at radius 1 is 1.14 bits per heavy atom. The zero-order valence-electron chi connectivity index (χ0n) is 18.7. The molecular weight excluding hydrogens is 526 g/mol. The summed E-state index contributed by atoms with van der Waals surface area (Å²) < 4.78 is 40.1. The summed E-state index contributed by atoms with van der Waals surface area (Å²) >= 11 is 1.29. The number of likely N-dealkylation sites (tertiary alicyclic amines) is 1. The monoisotopic (exact) mass is 549 g/mol. The largest absolute Gasteiger partial charge is 0.416 e. The maximum atomic E-state index is 12.9. The van der Waals surface area contributed by atoms with Crippen LogP contribution < -0.4 is 11.2 Å². The summed E-state index contributed by atoms with van der Waals surface area (Å²) in [5, 5.41) is 9.12. The van der Waals surface area contributed by atoms with Gasteiger partial charge in [0.05, 0.1) is 11.1 Å². The first-order valence-electron chi connectivity index (χ1n) is 10.7. The van der Waals surface area contributed by atoms with Crippen LogP contribution in [0.25, 0.3) is 10.6 Å². The molecule has 2 atom stereocenters. The first-order chi connectivity index (χ1) is 15.7. The van der Waals surface area contributed by atoms with E-state index in [4.69, 9.17) is 0 Å². The highest BCUT2D eigenvalue weighted by atomic mass is 35.5. The van der Waals surface area contributed by atoms with Gasteiger partial charge in [-0.1, -0.05) is 23.5 Å². The lowest BCUT2D eigenvalue weighted by Gasteiger charge is -2.21. The molecule has 3 heterocycles. The number of fused-ring (bicyclic) bond motifs is 1. The van der Waals surface area contributed by atoms with E-state index in [1.54, 1.807) is 19.1 Å². The van der Waals surface area contributed by atoms with E-state index in [1.807, 2.05) is 0 Å². The molecule has 2 fully saturated rings. The van der Waals surface area contributed by atoms with Crippen molar-refractivity contribution in [1.29, 1.82) is 0 Å². The summed E-state index contributed by atoms with van der Waals surface area (Å²) in [6, 6.07) is 5.56. The number of halogens is 5. The maximum absolute atomic E-state index is 12.9. The van der Waals surface area contributed by atoms with Gasteiger partial charge in [-0.05, 0) is 49.9 Å². The number of aromatic nitrogens is 4. The Labute approximate surface area is 215 Å². The Hall–Kier alpha value is -2.21. The van der Waals surface area contributed by atoms with Crippen LogP contribution >= 0.6 is 36.2 Å². The minimum absolute atomic E-state index is 0. The maximum Gasteiger partial charge on any atom is 0.416 e. The number of H-pyrrole nitrogens is 1. The van der Waals surface area contributed by atoms with E-state index in [0.717, 1.165) is 36.6 Å². The summed E-state index contributed by atoms with van der Waals surface area (Å²) in [6.07, 6.45) is -1.09. The van der Waals surface area contributed by atoms with Crippen molar-refractivity contribution in [3.05, 3.63) is 67.4 Å². The van der Waals surface area contributed by atoms with Crippen LogP contribution in [0, 0.1) is 12.8 Å². The Morgan fingerprint density at radius 2 is 1.86 bits per heavy atom. The van der Waals surface area contributed by atoms with Gasteiger partial charge in [-0.3, -0.25) is 14.3 Å². The molecule has 0 unspecified atom stereocenters. The minimum Gasteiger partial charge on any atom is -0.302 e. The van der Waals surface area contributed by atoms with Crippen molar-refractivity contribution in [2.75, 3.05) is 19.6 Å². The van der Waals surface area contributed by atoms with Crippen molar-refractivity contribution in [2.24, 2.45) is 5.92 Å². The molecule has 35 heavy (non-hydrogen) atoms. The Balaban J connectivity index is 0.00000171. The number of hydrogen-bond donors (Lipinski definition) is 1. The molecule has 2 aliphatic rings. The summed E-state index contributed by atoms with van der Waals surface area (Å²) in [7, 11) is 0. The number of nitrogens with one attached hydrogen (secondary N) is 1. The van der Waals surface area contributed by atoms with Crippen LogP contribution in [-0.2, 0) is 18.1 Å². The van der Waals surface area contributed by atoms with Crippen molar-refractivity contribution in [1.82, 2.24) is 24.6 Å². The molecule has 0 bridgehead atoms. The second kappa shape index (κ2) is 10.0. The molecule has 0 amide bonds. The van der Waals surface area contributed by atoms with Gasteiger partial charge in [-0.15, -0.1) is 35.0 Å². The second-order valence-electron chi connectivity index (χ2n) is 8.84. The molecule has 1 saturated heterocycles. The Morgan fingerprint density at radius 3 is 2.49 bits per heavy atom. The normalized spacial score (nSPS) is 21.2. The highest BCUT2D eigenvalue weighted by Gasteiger charge is 2.60. The van der Waals surface area contributed by atoms with E-state index in [0.29, 0.717) is 29.5 Å². The number of hydrogen-bond acceptors (Lipinski definition) is 6. The minimum atomic E-state index is -4.32. The number of nitrogens with zero attached hydrogens (tertiary/aromatic N) is 4. The molecule has 1 aliphatic carbocycles. The quantitative estimate of drug-likeness (QED) is 0.504. The van der Waals surface area contributed by atoms with Gasteiger partial charge in [-0.25, -0.2) is 4.79 Å². The first-order valence-corrected chi connectivity index (χ1v) is 11.5. The zero-order valence-corrected chi connectivity index (χ0v) is 21.1. The van der Waals surface area contributed by atoms with Gasteiger partial charge >= 0.3 is 11.9 Å². The second-order valence-corrected chi connectivity index (χ2v) is 10.0. The molecule has 5 rings (SSSR count). The fourth-order valence-electron chi connectivity index (χ4n) is 4.89. The highest BCUT2D eigenvalue weighted by Crippen LogP contribution is 2.59. The Bertz CT molecular complexity index is 1310.